The normalized spacial score (nSPS) is 11.5. The molecule has 1 aromatic carbocycles. The molecule has 10 heteroatoms. The van der Waals surface area contributed by atoms with E-state index >= 15 is 0 Å². The second-order valence-electron chi connectivity index (χ2n) is 5.59. The molecule has 0 unspecified atom stereocenters. The van der Waals surface area contributed by atoms with Crippen LogP contribution in [-0.4, -0.2) is 26.0 Å². The average Bonchev–Trinajstić information content (AvgIpc) is 2.88. The minimum Gasteiger partial charge on any atom is -0.245 e. The lowest BCUT2D eigenvalue weighted by atomic mass is 10.1. The van der Waals surface area contributed by atoms with Crippen molar-refractivity contribution in [1.82, 2.24) is 19.7 Å². The molecule has 0 saturated carbocycles. The summed E-state index contributed by atoms with van der Waals surface area (Å²) in [5.41, 5.74) is 3.05. The standard InChI is InChI=1S/C17H14F4N6/c1-9-12(16(21)27(2)26-9)8-22-25-17-23-13(7-14(24-17)15(19)20)10-3-5-11(18)6-4-10/h3-8,15H,1-2H3,(H,23,24,25)/b22-8-. The molecule has 0 radical (unpaired) electrons. The van der Waals surface area contributed by atoms with E-state index in [-0.39, 0.29) is 17.2 Å². The van der Waals surface area contributed by atoms with Crippen molar-refractivity contribution >= 4 is 12.2 Å². The van der Waals surface area contributed by atoms with Gasteiger partial charge in [-0.3, -0.25) is 0 Å². The molecule has 0 aliphatic heterocycles. The lowest BCUT2D eigenvalue weighted by Crippen LogP contribution is -2.03. The summed E-state index contributed by atoms with van der Waals surface area (Å²) in [5, 5.41) is 7.69. The Morgan fingerprint density at radius 1 is 1.15 bits per heavy atom. The first-order valence-corrected chi connectivity index (χ1v) is 7.76. The predicted molar refractivity (Wildman–Crippen MR) is 91.5 cm³/mol. The maximum Gasteiger partial charge on any atom is 0.280 e. The van der Waals surface area contributed by atoms with Gasteiger partial charge in [-0.25, -0.2) is 33.2 Å². The highest BCUT2D eigenvalue weighted by Crippen LogP contribution is 2.24. The zero-order chi connectivity index (χ0) is 19.6. The van der Waals surface area contributed by atoms with Gasteiger partial charge in [0.25, 0.3) is 6.43 Å². The van der Waals surface area contributed by atoms with E-state index in [4.69, 9.17) is 0 Å². The number of aromatic nitrogens is 4. The number of hydrogen-bond acceptors (Lipinski definition) is 5. The lowest BCUT2D eigenvalue weighted by molar-refractivity contribution is 0.146. The fraction of sp³-hybridized carbons (Fsp3) is 0.176. The molecule has 0 amide bonds. The Morgan fingerprint density at radius 3 is 2.44 bits per heavy atom. The second kappa shape index (κ2) is 7.52. The topological polar surface area (TPSA) is 68.0 Å². The zero-order valence-electron chi connectivity index (χ0n) is 14.3. The molecule has 0 atom stereocenters. The van der Waals surface area contributed by atoms with Crippen LogP contribution < -0.4 is 5.43 Å². The van der Waals surface area contributed by atoms with E-state index in [1.807, 2.05) is 0 Å². The first-order chi connectivity index (χ1) is 12.8. The van der Waals surface area contributed by atoms with Gasteiger partial charge in [-0.15, -0.1) is 0 Å². The Balaban J connectivity index is 1.90. The van der Waals surface area contributed by atoms with Crippen LogP contribution >= 0.6 is 0 Å². The summed E-state index contributed by atoms with van der Waals surface area (Å²) in [6.45, 7) is 1.60. The molecule has 3 aromatic rings. The Hall–Kier alpha value is -3.30. The predicted octanol–water partition coefficient (Wildman–Crippen LogP) is 3.85. The quantitative estimate of drug-likeness (QED) is 0.416. The van der Waals surface area contributed by atoms with Crippen molar-refractivity contribution in [3.8, 4) is 11.3 Å². The number of benzene rings is 1. The Kier molecular flexibility index (Phi) is 5.15. The molecule has 1 N–H and O–H groups in total. The molecule has 3 rings (SSSR count). The third-order valence-corrected chi connectivity index (χ3v) is 3.66. The minimum atomic E-state index is -2.84. The highest BCUT2D eigenvalue weighted by Gasteiger charge is 2.14. The van der Waals surface area contributed by atoms with Gasteiger partial charge < -0.3 is 0 Å². The molecule has 0 saturated heterocycles. The van der Waals surface area contributed by atoms with Gasteiger partial charge in [-0.2, -0.15) is 14.6 Å². The highest BCUT2D eigenvalue weighted by atomic mass is 19.3. The van der Waals surface area contributed by atoms with Crippen LogP contribution in [0, 0.1) is 18.7 Å². The van der Waals surface area contributed by atoms with Gasteiger partial charge in [0.1, 0.15) is 11.5 Å². The van der Waals surface area contributed by atoms with E-state index in [0.717, 1.165) is 17.0 Å². The summed E-state index contributed by atoms with van der Waals surface area (Å²) in [7, 11) is 1.44. The van der Waals surface area contributed by atoms with Crippen LogP contribution in [0.4, 0.5) is 23.5 Å². The summed E-state index contributed by atoms with van der Waals surface area (Å²) in [6, 6.07) is 6.32. The van der Waals surface area contributed by atoms with E-state index in [1.165, 1.54) is 31.3 Å². The Labute approximate surface area is 151 Å². The van der Waals surface area contributed by atoms with Gasteiger partial charge in [0.15, 0.2) is 0 Å². The van der Waals surface area contributed by atoms with E-state index in [0.29, 0.717) is 11.3 Å². The molecule has 0 bridgehead atoms. The number of anilines is 1. The summed E-state index contributed by atoms with van der Waals surface area (Å²) < 4.78 is 54.2. The van der Waals surface area contributed by atoms with Crippen molar-refractivity contribution in [3.63, 3.8) is 0 Å². The van der Waals surface area contributed by atoms with Crippen LogP contribution in [-0.2, 0) is 7.05 Å². The first-order valence-electron chi connectivity index (χ1n) is 7.76. The molecule has 2 aromatic heterocycles. The van der Waals surface area contributed by atoms with Crippen molar-refractivity contribution in [2.24, 2.45) is 12.1 Å². The maximum atomic E-state index is 13.9. The number of hydrogen-bond donors (Lipinski definition) is 1. The fourth-order valence-electron chi connectivity index (χ4n) is 2.34. The monoisotopic (exact) mass is 378 g/mol. The van der Waals surface area contributed by atoms with E-state index in [1.54, 1.807) is 6.92 Å². The number of nitrogens with one attached hydrogen (secondary N) is 1. The number of halogens is 4. The van der Waals surface area contributed by atoms with Crippen LogP contribution in [0.15, 0.2) is 35.4 Å². The Morgan fingerprint density at radius 2 is 1.85 bits per heavy atom. The fourth-order valence-corrected chi connectivity index (χ4v) is 2.34. The van der Waals surface area contributed by atoms with Crippen molar-refractivity contribution in [1.29, 1.82) is 0 Å². The van der Waals surface area contributed by atoms with Crippen molar-refractivity contribution < 1.29 is 17.6 Å². The number of rotatable bonds is 5. The van der Waals surface area contributed by atoms with Crippen LogP contribution in [0.5, 0.6) is 0 Å². The minimum absolute atomic E-state index is 0.147. The van der Waals surface area contributed by atoms with Gasteiger partial charge in [0.05, 0.1) is 23.2 Å². The second-order valence-corrected chi connectivity index (χ2v) is 5.59. The summed E-state index contributed by atoms with van der Waals surface area (Å²) in [5.74, 6) is -1.25. The van der Waals surface area contributed by atoms with Gasteiger partial charge in [-0.05, 0) is 37.3 Å². The number of alkyl halides is 2. The highest BCUT2D eigenvalue weighted by molar-refractivity contribution is 5.81. The molecule has 6 nitrogen and oxygen atoms in total. The molecular weight excluding hydrogens is 364 g/mol. The first kappa shape index (κ1) is 18.5. The van der Waals surface area contributed by atoms with Crippen LogP contribution in [0.1, 0.15) is 23.4 Å². The van der Waals surface area contributed by atoms with Gasteiger partial charge >= 0.3 is 0 Å². The molecular formula is C17H14F4N6. The van der Waals surface area contributed by atoms with Crippen LogP contribution in [0.25, 0.3) is 11.3 Å². The molecule has 140 valence electrons. The Bertz CT molecular complexity index is 982. The molecule has 0 aliphatic carbocycles. The lowest BCUT2D eigenvalue weighted by Gasteiger charge is -2.07. The zero-order valence-corrected chi connectivity index (χ0v) is 14.3. The summed E-state index contributed by atoms with van der Waals surface area (Å²) in [4.78, 5) is 7.77. The van der Waals surface area contributed by atoms with Crippen molar-refractivity contribution in [2.45, 2.75) is 13.3 Å². The molecule has 0 spiro atoms. The molecule has 2 heterocycles. The molecule has 0 aliphatic rings. The summed E-state index contributed by atoms with van der Waals surface area (Å²) in [6.07, 6.45) is -1.68. The van der Waals surface area contributed by atoms with Gasteiger partial charge in [-0.1, -0.05) is 0 Å². The third kappa shape index (κ3) is 4.10. The van der Waals surface area contributed by atoms with Crippen molar-refractivity contribution in [2.75, 3.05) is 5.43 Å². The van der Waals surface area contributed by atoms with Crippen molar-refractivity contribution in [3.05, 3.63) is 59.0 Å². The molecule has 27 heavy (non-hydrogen) atoms. The maximum absolute atomic E-state index is 13.9. The van der Waals surface area contributed by atoms with E-state index in [9.17, 15) is 17.6 Å². The molecule has 0 fully saturated rings. The number of aryl methyl sites for hydroxylation is 2. The van der Waals surface area contributed by atoms with Crippen LogP contribution in [0.3, 0.4) is 0 Å². The van der Waals surface area contributed by atoms with Gasteiger partial charge in [0.2, 0.25) is 11.9 Å². The number of nitrogens with zero attached hydrogens (tertiary/aromatic N) is 5. The number of hydrazone groups is 1. The largest absolute Gasteiger partial charge is 0.280 e. The SMILES string of the molecule is Cc1nn(C)c(F)c1/C=N\Nc1nc(-c2ccc(F)cc2)cc(C(F)F)n1. The third-order valence-electron chi connectivity index (χ3n) is 3.66. The van der Waals surface area contributed by atoms with Crippen LogP contribution in [0.2, 0.25) is 0 Å². The van der Waals surface area contributed by atoms with E-state index < -0.39 is 23.9 Å². The average molecular weight is 378 g/mol. The summed E-state index contributed by atoms with van der Waals surface area (Å²) >= 11 is 0. The smallest absolute Gasteiger partial charge is 0.245 e. The van der Waals surface area contributed by atoms with Gasteiger partial charge in [0, 0.05) is 12.6 Å². The van der Waals surface area contributed by atoms with E-state index in [2.05, 4.69) is 25.6 Å².